The molecule has 0 aliphatic carbocycles. The van der Waals surface area contributed by atoms with Crippen molar-refractivity contribution in [3.8, 4) is 6.07 Å². The molecule has 16 heavy (non-hydrogen) atoms. The van der Waals surface area contributed by atoms with Crippen molar-refractivity contribution in [1.29, 1.82) is 5.26 Å². The summed E-state index contributed by atoms with van der Waals surface area (Å²) in [7, 11) is 0. The molecule has 1 unspecified atom stereocenters. The molecule has 2 heterocycles. The highest BCUT2D eigenvalue weighted by atomic mass is 16.5. The van der Waals surface area contributed by atoms with Gasteiger partial charge in [-0.2, -0.15) is 5.26 Å². The van der Waals surface area contributed by atoms with Crippen molar-refractivity contribution in [3.05, 3.63) is 18.1 Å². The largest absolute Gasteiger partial charge is 0.386 e. The molecule has 0 radical (unpaired) electrons. The van der Waals surface area contributed by atoms with Gasteiger partial charge in [0.1, 0.15) is 17.5 Å². The van der Waals surface area contributed by atoms with E-state index < -0.39 is 5.60 Å². The van der Waals surface area contributed by atoms with Crippen LogP contribution in [-0.2, 0) is 4.74 Å². The summed E-state index contributed by atoms with van der Waals surface area (Å²) in [5.74, 6) is 0.541. The van der Waals surface area contributed by atoms with Gasteiger partial charge in [-0.25, -0.2) is 9.97 Å². The van der Waals surface area contributed by atoms with E-state index in [1.54, 1.807) is 0 Å². The van der Waals surface area contributed by atoms with Gasteiger partial charge in [0.2, 0.25) is 0 Å². The Morgan fingerprint density at radius 3 is 3.00 bits per heavy atom. The summed E-state index contributed by atoms with van der Waals surface area (Å²) in [6.07, 6.45) is 3.47. The maximum Gasteiger partial charge on any atom is 0.158 e. The Hall–Kier alpha value is -1.71. The summed E-state index contributed by atoms with van der Waals surface area (Å²) in [5.41, 5.74) is -0.552. The molecule has 1 aliphatic rings. The first-order valence-electron chi connectivity index (χ1n) is 4.98. The number of hydrogen-bond acceptors (Lipinski definition) is 6. The zero-order chi connectivity index (χ0) is 11.4. The van der Waals surface area contributed by atoms with E-state index in [4.69, 9.17) is 10.00 Å². The van der Waals surface area contributed by atoms with E-state index in [-0.39, 0.29) is 5.69 Å². The highest BCUT2D eigenvalue weighted by molar-refractivity contribution is 5.33. The van der Waals surface area contributed by atoms with Crippen LogP contribution in [0, 0.1) is 11.3 Å². The van der Waals surface area contributed by atoms with Crippen LogP contribution in [0.3, 0.4) is 0 Å². The van der Waals surface area contributed by atoms with Crippen LogP contribution in [-0.4, -0.2) is 40.4 Å². The summed E-state index contributed by atoms with van der Waals surface area (Å²) in [4.78, 5) is 7.86. The molecule has 2 N–H and O–H groups in total. The van der Waals surface area contributed by atoms with Crippen LogP contribution in [0.15, 0.2) is 12.4 Å². The van der Waals surface area contributed by atoms with Crippen molar-refractivity contribution in [2.45, 2.75) is 12.0 Å². The maximum atomic E-state index is 9.97. The zero-order valence-corrected chi connectivity index (χ0v) is 8.68. The highest BCUT2D eigenvalue weighted by Crippen LogP contribution is 2.18. The van der Waals surface area contributed by atoms with Crippen LogP contribution in [0.4, 0.5) is 5.82 Å². The fourth-order valence-electron chi connectivity index (χ4n) is 1.47. The summed E-state index contributed by atoms with van der Waals surface area (Å²) in [6.45, 7) is 1.29. The third-order valence-corrected chi connectivity index (χ3v) is 2.45. The predicted octanol–water partition coefficient (Wildman–Crippen LogP) is -0.0884. The third-order valence-electron chi connectivity index (χ3n) is 2.45. The van der Waals surface area contributed by atoms with E-state index in [9.17, 15) is 5.11 Å². The van der Waals surface area contributed by atoms with Crippen LogP contribution >= 0.6 is 0 Å². The van der Waals surface area contributed by atoms with Gasteiger partial charge in [0, 0.05) is 19.6 Å². The molecule has 84 valence electrons. The second-order valence-corrected chi connectivity index (χ2v) is 3.78. The van der Waals surface area contributed by atoms with Crippen LogP contribution in [0.2, 0.25) is 0 Å². The van der Waals surface area contributed by atoms with Gasteiger partial charge in [0.05, 0.1) is 19.0 Å². The molecule has 1 atom stereocenters. The summed E-state index contributed by atoms with van der Waals surface area (Å²) >= 11 is 0. The quantitative estimate of drug-likeness (QED) is 0.739. The highest BCUT2D eigenvalue weighted by Gasteiger charge is 2.31. The Kier molecular flexibility index (Phi) is 2.99. The molecular weight excluding hydrogens is 208 g/mol. The molecule has 0 saturated carbocycles. The first-order valence-corrected chi connectivity index (χ1v) is 4.98. The predicted molar refractivity (Wildman–Crippen MR) is 55.6 cm³/mol. The second kappa shape index (κ2) is 4.43. The molecule has 0 aromatic carbocycles. The lowest BCUT2D eigenvalue weighted by atomic mass is 10.0. The van der Waals surface area contributed by atoms with Crippen molar-refractivity contribution < 1.29 is 9.84 Å². The monoisotopic (exact) mass is 220 g/mol. The molecule has 0 bridgehead atoms. The normalized spacial score (nSPS) is 24.0. The minimum absolute atomic E-state index is 0.272. The number of hydrogen-bond donors (Lipinski definition) is 2. The van der Waals surface area contributed by atoms with Gasteiger partial charge in [-0.3, -0.25) is 0 Å². The van der Waals surface area contributed by atoms with Crippen molar-refractivity contribution in [3.63, 3.8) is 0 Å². The smallest absolute Gasteiger partial charge is 0.158 e. The van der Waals surface area contributed by atoms with Gasteiger partial charge < -0.3 is 15.2 Å². The number of anilines is 1. The lowest BCUT2D eigenvalue weighted by molar-refractivity contribution is 0.0381. The molecule has 1 aliphatic heterocycles. The average molecular weight is 220 g/mol. The van der Waals surface area contributed by atoms with Crippen molar-refractivity contribution >= 4 is 5.82 Å². The fraction of sp³-hybridized carbons (Fsp3) is 0.500. The SMILES string of the molecule is N#Cc1cnc(NCC2(O)CCOC2)cn1. The molecular formula is C10H12N4O2. The molecule has 2 rings (SSSR count). The molecule has 0 spiro atoms. The van der Waals surface area contributed by atoms with Gasteiger partial charge in [-0.05, 0) is 0 Å². The molecule has 1 saturated heterocycles. The molecule has 0 amide bonds. The van der Waals surface area contributed by atoms with Crippen LogP contribution < -0.4 is 5.32 Å². The lowest BCUT2D eigenvalue weighted by Crippen LogP contribution is -2.37. The van der Waals surface area contributed by atoms with Gasteiger partial charge in [0.25, 0.3) is 0 Å². The van der Waals surface area contributed by atoms with Crippen molar-refractivity contribution in [1.82, 2.24) is 9.97 Å². The van der Waals surface area contributed by atoms with Gasteiger partial charge in [-0.15, -0.1) is 0 Å². The summed E-state index contributed by atoms with van der Waals surface area (Å²) in [6, 6.07) is 1.89. The molecule has 1 aromatic rings. The average Bonchev–Trinajstić information content (AvgIpc) is 2.75. The number of nitriles is 1. The van der Waals surface area contributed by atoms with E-state index >= 15 is 0 Å². The third kappa shape index (κ3) is 2.45. The number of aliphatic hydroxyl groups is 1. The zero-order valence-electron chi connectivity index (χ0n) is 8.68. The Labute approximate surface area is 92.9 Å². The fourth-order valence-corrected chi connectivity index (χ4v) is 1.47. The van der Waals surface area contributed by atoms with Crippen LogP contribution in [0.1, 0.15) is 12.1 Å². The van der Waals surface area contributed by atoms with E-state index in [0.717, 1.165) is 0 Å². The van der Waals surface area contributed by atoms with Gasteiger partial charge in [-0.1, -0.05) is 0 Å². The lowest BCUT2D eigenvalue weighted by Gasteiger charge is -2.20. The minimum Gasteiger partial charge on any atom is -0.386 e. The Morgan fingerprint density at radius 2 is 2.44 bits per heavy atom. The van der Waals surface area contributed by atoms with Crippen molar-refractivity contribution in [2.24, 2.45) is 0 Å². The number of nitrogens with zero attached hydrogens (tertiary/aromatic N) is 3. The molecule has 1 aromatic heterocycles. The van der Waals surface area contributed by atoms with Crippen LogP contribution in [0.25, 0.3) is 0 Å². The van der Waals surface area contributed by atoms with Gasteiger partial charge >= 0.3 is 0 Å². The van der Waals surface area contributed by atoms with E-state index in [1.807, 2.05) is 6.07 Å². The van der Waals surface area contributed by atoms with E-state index in [1.165, 1.54) is 12.4 Å². The second-order valence-electron chi connectivity index (χ2n) is 3.78. The molecule has 6 heteroatoms. The van der Waals surface area contributed by atoms with Gasteiger partial charge in [0.15, 0.2) is 5.69 Å². The maximum absolute atomic E-state index is 9.97. The number of aromatic nitrogens is 2. The topological polar surface area (TPSA) is 91.1 Å². The van der Waals surface area contributed by atoms with E-state index in [2.05, 4.69) is 15.3 Å². The first kappa shape index (κ1) is 10.8. The number of rotatable bonds is 3. The number of ether oxygens (including phenoxy) is 1. The number of nitrogens with one attached hydrogen (secondary N) is 1. The molecule has 1 fully saturated rings. The van der Waals surface area contributed by atoms with Crippen LogP contribution in [0.5, 0.6) is 0 Å². The van der Waals surface area contributed by atoms with E-state index in [0.29, 0.717) is 32.0 Å². The molecule has 6 nitrogen and oxygen atoms in total. The summed E-state index contributed by atoms with van der Waals surface area (Å²) < 4.78 is 5.12. The first-order chi connectivity index (χ1) is 7.72. The van der Waals surface area contributed by atoms with Crippen molar-refractivity contribution in [2.75, 3.05) is 25.1 Å². The Bertz CT molecular complexity index is 392. The summed E-state index contributed by atoms with van der Waals surface area (Å²) in [5, 5.41) is 21.5. The Balaban J connectivity index is 1.92. The standard InChI is InChI=1S/C10H12N4O2/c11-3-8-4-13-9(5-12-8)14-6-10(15)1-2-16-7-10/h4-5,15H,1-2,6-7H2,(H,13,14). The minimum atomic E-state index is -0.824. The Morgan fingerprint density at radius 1 is 1.56 bits per heavy atom.